The van der Waals surface area contributed by atoms with E-state index in [4.69, 9.17) is 4.74 Å². The molecular weight excluding hydrogens is 236 g/mol. The van der Waals surface area contributed by atoms with Gasteiger partial charge in [-0.2, -0.15) is 0 Å². The fraction of sp³-hybridized carbons (Fsp3) is 0.529. The van der Waals surface area contributed by atoms with Gasteiger partial charge in [-0.15, -0.1) is 6.58 Å². The van der Waals surface area contributed by atoms with Gasteiger partial charge in [0.25, 0.3) is 0 Å². The first-order valence-corrected chi connectivity index (χ1v) is 7.09. The highest BCUT2D eigenvalue weighted by molar-refractivity contribution is 5.28. The first-order chi connectivity index (χ1) is 9.04. The summed E-state index contributed by atoms with van der Waals surface area (Å²) in [6, 6.07) is 9.68. The molecule has 0 heterocycles. The molecule has 2 atom stereocenters. The molecule has 1 aromatic rings. The van der Waals surface area contributed by atoms with Gasteiger partial charge < -0.3 is 9.84 Å². The lowest BCUT2D eigenvalue weighted by Crippen LogP contribution is -2.50. The summed E-state index contributed by atoms with van der Waals surface area (Å²) < 4.78 is 5.93. The van der Waals surface area contributed by atoms with Crippen molar-refractivity contribution in [2.45, 2.75) is 51.2 Å². The Kier molecular flexibility index (Phi) is 5.77. The van der Waals surface area contributed by atoms with Crippen LogP contribution in [0.25, 0.3) is 0 Å². The third-order valence-electron chi connectivity index (χ3n) is 3.79. The van der Waals surface area contributed by atoms with Crippen molar-refractivity contribution in [3.05, 3.63) is 48.6 Å². The molecule has 0 saturated carbocycles. The maximum absolute atomic E-state index is 11.1. The van der Waals surface area contributed by atoms with Crippen molar-refractivity contribution >= 4 is 0 Å². The van der Waals surface area contributed by atoms with Crippen LogP contribution in [0.15, 0.2) is 43.0 Å². The molecule has 1 aromatic carbocycles. The quantitative estimate of drug-likeness (QED) is 0.716. The van der Waals surface area contributed by atoms with E-state index in [1.54, 1.807) is 6.08 Å². The summed E-state index contributed by atoms with van der Waals surface area (Å²) in [6.45, 7) is 10.4. The molecule has 0 aliphatic carbocycles. The van der Waals surface area contributed by atoms with Crippen molar-refractivity contribution in [1.82, 2.24) is 0 Å². The SMILES string of the molecule is C=C[C@](CCCC)(OCC)[C@](C)(O)c1ccccc1. The summed E-state index contributed by atoms with van der Waals surface area (Å²) in [5.41, 5.74) is -0.959. The molecule has 0 unspecified atom stereocenters. The lowest BCUT2D eigenvalue weighted by Gasteiger charge is -2.43. The van der Waals surface area contributed by atoms with Crippen LogP contribution in [0.3, 0.4) is 0 Å². The molecule has 0 bridgehead atoms. The Morgan fingerprint density at radius 1 is 1.26 bits per heavy atom. The van der Waals surface area contributed by atoms with Crippen molar-refractivity contribution in [2.75, 3.05) is 6.61 Å². The Balaban J connectivity index is 3.17. The van der Waals surface area contributed by atoms with Gasteiger partial charge in [-0.25, -0.2) is 0 Å². The monoisotopic (exact) mass is 262 g/mol. The number of unbranched alkanes of at least 4 members (excludes halogenated alkanes) is 1. The molecule has 2 nitrogen and oxygen atoms in total. The van der Waals surface area contributed by atoms with Crippen LogP contribution in [0.4, 0.5) is 0 Å². The van der Waals surface area contributed by atoms with E-state index in [9.17, 15) is 5.11 Å². The third-order valence-corrected chi connectivity index (χ3v) is 3.79. The molecule has 19 heavy (non-hydrogen) atoms. The second-order valence-electron chi connectivity index (χ2n) is 5.07. The van der Waals surface area contributed by atoms with E-state index < -0.39 is 11.2 Å². The number of rotatable bonds is 8. The van der Waals surface area contributed by atoms with E-state index in [1.807, 2.05) is 44.2 Å². The van der Waals surface area contributed by atoms with Gasteiger partial charge in [0.05, 0.1) is 0 Å². The second-order valence-corrected chi connectivity index (χ2v) is 5.07. The van der Waals surface area contributed by atoms with Gasteiger partial charge in [-0.3, -0.25) is 0 Å². The summed E-state index contributed by atoms with van der Waals surface area (Å²) in [7, 11) is 0. The molecule has 2 heteroatoms. The molecule has 0 aliphatic rings. The van der Waals surface area contributed by atoms with Crippen molar-refractivity contribution in [3.63, 3.8) is 0 Å². The first kappa shape index (κ1) is 15.9. The van der Waals surface area contributed by atoms with Crippen LogP contribution in [0, 0.1) is 0 Å². The van der Waals surface area contributed by atoms with Crippen LogP contribution in [0.1, 0.15) is 45.6 Å². The van der Waals surface area contributed by atoms with Crippen molar-refractivity contribution in [2.24, 2.45) is 0 Å². The highest BCUT2D eigenvalue weighted by Crippen LogP contribution is 2.40. The highest BCUT2D eigenvalue weighted by atomic mass is 16.5. The predicted molar refractivity (Wildman–Crippen MR) is 80.1 cm³/mol. The summed E-state index contributed by atoms with van der Waals surface area (Å²) >= 11 is 0. The second kappa shape index (κ2) is 6.88. The summed E-state index contributed by atoms with van der Waals surface area (Å²) in [4.78, 5) is 0. The lowest BCUT2D eigenvalue weighted by molar-refractivity contribution is -0.155. The highest BCUT2D eigenvalue weighted by Gasteiger charge is 2.46. The van der Waals surface area contributed by atoms with Crippen LogP contribution in [-0.2, 0) is 10.3 Å². The van der Waals surface area contributed by atoms with Crippen LogP contribution in [0.2, 0.25) is 0 Å². The Morgan fingerprint density at radius 3 is 2.37 bits per heavy atom. The van der Waals surface area contributed by atoms with E-state index >= 15 is 0 Å². The Bertz CT molecular complexity index is 384. The Hall–Kier alpha value is -1.12. The van der Waals surface area contributed by atoms with Crippen LogP contribution in [-0.4, -0.2) is 17.3 Å². The normalized spacial score (nSPS) is 17.5. The molecule has 106 valence electrons. The molecule has 1 rings (SSSR count). The van der Waals surface area contributed by atoms with E-state index in [0.717, 1.165) is 24.8 Å². The van der Waals surface area contributed by atoms with E-state index in [0.29, 0.717) is 6.61 Å². The minimum Gasteiger partial charge on any atom is -0.382 e. The standard InChI is InChI=1S/C17H26O2/c1-5-8-14-17(6-2,19-7-3)16(4,18)15-12-10-9-11-13-15/h6,9-13,18H,2,5,7-8,14H2,1,3-4H3/t16-,17-/m1/s1. The number of benzene rings is 1. The van der Waals surface area contributed by atoms with Gasteiger partial charge in [0.1, 0.15) is 11.2 Å². The fourth-order valence-electron chi connectivity index (χ4n) is 2.52. The molecular formula is C17H26O2. The zero-order valence-corrected chi connectivity index (χ0v) is 12.4. The van der Waals surface area contributed by atoms with Crippen molar-refractivity contribution in [3.8, 4) is 0 Å². The number of aliphatic hydroxyl groups is 1. The number of hydrogen-bond acceptors (Lipinski definition) is 2. The molecule has 0 saturated heterocycles. The van der Waals surface area contributed by atoms with Crippen molar-refractivity contribution < 1.29 is 9.84 Å². The van der Waals surface area contributed by atoms with Crippen LogP contribution >= 0.6 is 0 Å². The zero-order chi connectivity index (χ0) is 14.4. The average Bonchev–Trinajstić information content (AvgIpc) is 2.44. The topological polar surface area (TPSA) is 29.5 Å². The van der Waals surface area contributed by atoms with Gasteiger partial charge in [-0.1, -0.05) is 56.2 Å². The fourth-order valence-corrected chi connectivity index (χ4v) is 2.52. The van der Waals surface area contributed by atoms with Crippen LogP contribution in [0.5, 0.6) is 0 Å². The van der Waals surface area contributed by atoms with E-state index in [1.165, 1.54) is 0 Å². The Morgan fingerprint density at radius 2 is 1.89 bits per heavy atom. The van der Waals surface area contributed by atoms with Crippen LogP contribution < -0.4 is 0 Å². The minimum atomic E-state index is -1.08. The largest absolute Gasteiger partial charge is 0.382 e. The predicted octanol–water partition coefficient (Wildman–Crippen LogP) is 4.05. The molecule has 0 spiro atoms. The molecule has 1 N–H and O–H groups in total. The third kappa shape index (κ3) is 3.26. The maximum atomic E-state index is 11.1. The molecule has 0 fully saturated rings. The molecule has 0 aromatic heterocycles. The first-order valence-electron chi connectivity index (χ1n) is 7.09. The van der Waals surface area contributed by atoms with Gasteiger partial charge in [-0.05, 0) is 25.8 Å². The lowest BCUT2D eigenvalue weighted by atomic mass is 9.75. The van der Waals surface area contributed by atoms with Gasteiger partial charge in [0, 0.05) is 6.61 Å². The minimum absolute atomic E-state index is 0.554. The van der Waals surface area contributed by atoms with E-state index in [2.05, 4.69) is 13.5 Å². The molecule has 0 radical (unpaired) electrons. The molecule has 0 aliphatic heterocycles. The van der Waals surface area contributed by atoms with E-state index in [-0.39, 0.29) is 0 Å². The zero-order valence-electron chi connectivity index (χ0n) is 12.4. The summed E-state index contributed by atoms with van der Waals surface area (Å²) in [5.74, 6) is 0. The van der Waals surface area contributed by atoms with Gasteiger partial charge in [0.2, 0.25) is 0 Å². The number of ether oxygens (including phenoxy) is 1. The molecule has 0 amide bonds. The Labute approximate surface area is 117 Å². The number of hydrogen-bond donors (Lipinski definition) is 1. The summed E-state index contributed by atoms with van der Waals surface area (Å²) in [5, 5.41) is 11.1. The summed E-state index contributed by atoms with van der Waals surface area (Å²) in [6.07, 6.45) is 4.59. The van der Waals surface area contributed by atoms with Crippen molar-refractivity contribution in [1.29, 1.82) is 0 Å². The van der Waals surface area contributed by atoms with Gasteiger partial charge >= 0.3 is 0 Å². The average molecular weight is 262 g/mol. The van der Waals surface area contributed by atoms with Gasteiger partial charge in [0.15, 0.2) is 0 Å². The maximum Gasteiger partial charge on any atom is 0.119 e. The smallest absolute Gasteiger partial charge is 0.119 e.